The van der Waals surface area contributed by atoms with E-state index in [-0.39, 0.29) is 11.4 Å². The highest BCUT2D eigenvalue weighted by Crippen LogP contribution is 2.41. The van der Waals surface area contributed by atoms with Gasteiger partial charge in [0.1, 0.15) is 11.5 Å². The maximum absolute atomic E-state index is 10.6. The lowest BCUT2D eigenvalue weighted by atomic mass is 10.3. The monoisotopic (exact) mass is 352 g/mol. The zero-order valence-corrected chi connectivity index (χ0v) is 13.4. The van der Waals surface area contributed by atoms with Crippen LogP contribution in [0.3, 0.4) is 0 Å². The number of nitrogens with zero attached hydrogens (tertiary/aromatic N) is 2. The van der Waals surface area contributed by atoms with E-state index in [0.717, 1.165) is 0 Å². The maximum atomic E-state index is 10.6. The Bertz CT molecular complexity index is 647. The van der Waals surface area contributed by atoms with Crippen molar-refractivity contribution < 1.29 is 23.4 Å². The first kappa shape index (κ1) is 17.6. The van der Waals surface area contributed by atoms with Crippen LogP contribution in [-0.4, -0.2) is 16.5 Å². The zero-order chi connectivity index (χ0) is 17.5. The van der Waals surface area contributed by atoms with Gasteiger partial charge in [0.2, 0.25) is 0 Å². The van der Waals surface area contributed by atoms with Crippen molar-refractivity contribution in [3.05, 3.63) is 68.8 Å². The van der Waals surface area contributed by atoms with Gasteiger partial charge < -0.3 is 9.05 Å². The van der Waals surface area contributed by atoms with E-state index in [1.165, 1.54) is 48.5 Å². The highest BCUT2D eigenvalue weighted by molar-refractivity contribution is 7.42. The second-order valence-electron chi connectivity index (χ2n) is 4.33. The first-order valence-corrected chi connectivity index (χ1v) is 7.87. The van der Waals surface area contributed by atoms with E-state index in [4.69, 9.17) is 13.6 Å². The lowest BCUT2D eigenvalue weighted by Gasteiger charge is -2.16. The van der Waals surface area contributed by atoms with Gasteiger partial charge in [-0.1, -0.05) is 0 Å². The van der Waals surface area contributed by atoms with Gasteiger partial charge in [0.15, 0.2) is 0 Å². The highest BCUT2D eigenvalue weighted by atomic mass is 31.2. The minimum Gasteiger partial charge on any atom is -0.418 e. The number of nitro benzene ring substituents is 2. The van der Waals surface area contributed by atoms with Gasteiger partial charge in [0, 0.05) is 24.3 Å². The highest BCUT2D eigenvalue weighted by Gasteiger charge is 2.18. The molecule has 0 radical (unpaired) electrons. The third kappa shape index (κ3) is 4.87. The van der Waals surface area contributed by atoms with Crippen LogP contribution in [0.25, 0.3) is 0 Å². The molecule has 0 saturated carbocycles. The number of benzene rings is 2. The van der Waals surface area contributed by atoms with Crippen molar-refractivity contribution in [3.8, 4) is 11.5 Å². The number of non-ortho nitro benzene ring substituents is 2. The molecule has 0 amide bonds. The van der Waals surface area contributed by atoms with Gasteiger partial charge in [0.05, 0.1) is 16.5 Å². The van der Waals surface area contributed by atoms with Gasteiger partial charge in [-0.3, -0.25) is 24.8 Å². The molecule has 0 heterocycles. The molecule has 0 aliphatic heterocycles. The van der Waals surface area contributed by atoms with Gasteiger partial charge in [-0.05, 0) is 31.2 Å². The Morgan fingerprint density at radius 1 is 0.833 bits per heavy atom. The Kier molecular flexibility index (Phi) is 6.00. The molecule has 2 rings (SSSR count). The predicted octanol–water partition coefficient (Wildman–Crippen LogP) is 4.22. The van der Waals surface area contributed by atoms with Crippen molar-refractivity contribution in [1.29, 1.82) is 0 Å². The Morgan fingerprint density at radius 3 is 1.50 bits per heavy atom. The molecule has 2 aromatic rings. The summed E-state index contributed by atoms with van der Waals surface area (Å²) < 4.78 is 16.4. The van der Waals surface area contributed by atoms with E-state index < -0.39 is 18.4 Å². The van der Waals surface area contributed by atoms with E-state index in [1.807, 2.05) is 0 Å². The summed E-state index contributed by atoms with van der Waals surface area (Å²) in [7, 11) is -1.80. The fraction of sp³-hybridized carbons (Fsp3) is 0.143. The van der Waals surface area contributed by atoms with Gasteiger partial charge >= 0.3 is 8.60 Å². The topological polar surface area (TPSA) is 114 Å². The average Bonchev–Trinajstić information content (AvgIpc) is 2.56. The van der Waals surface area contributed by atoms with Gasteiger partial charge in [-0.2, -0.15) is 0 Å². The van der Waals surface area contributed by atoms with E-state index in [9.17, 15) is 20.2 Å². The lowest BCUT2D eigenvalue weighted by molar-refractivity contribution is -0.385. The molecule has 0 bridgehead atoms. The molecule has 0 spiro atoms. The molecule has 0 atom stereocenters. The summed E-state index contributed by atoms with van der Waals surface area (Å²) in [5.41, 5.74) is -0.112. The van der Waals surface area contributed by atoms with E-state index in [2.05, 4.69) is 0 Å². The summed E-state index contributed by atoms with van der Waals surface area (Å²) in [5.74, 6) is 0.698. The molecule has 9 nitrogen and oxygen atoms in total. The lowest BCUT2D eigenvalue weighted by Crippen LogP contribution is -2.00. The van der Waals surface area contributed by atoms with Crippen LogP contribution in [0.15, 0.2) is 48.5 Å². The molecule has 0 aromatic heterocycles. The molecular formula is C14H13N2O7P. The van der Waals surface area contributed by atoms with Gasteiger partial charge in [-0.15, -0.1) is 0 Å². The Morgan fingerprint density at radius 2 is 1.21 bits per heavy atom. The van der Waals surface area contributed by atoms with E-state index >= 15 is 0 Å². The first-order chi connectivity index (χ1) is 11.5. The van der Waals surface area contributed by atoms with Crippen molar-refractivity contribution in [2.75, 3.05) is 6.61 Å². The number of nitro groups is 2. The predicted molar refractivity (Wildman–Crippen MR) is 86.0 cm³/mol. The average molecular weight is 352 g/mol. The quantitative estimate of drug-likeness (QED) is 0.397. The molecular weight excluding hydrogens is 339 g/mol. The summed E-state index contributed by atoms with van der Waals surface area (Å²) in [4.78, 5) is 20.2. The SMILES string of the molecule is CCOP(Oc1ccc([N+](=O)[O-])cc1)Oc1ccc([N+](=O)[O-])cc1. The molecule has 0 aliphatic rings. The molecule has 10 heteroatoms. The van der Waals surface area contributed by atoms with Crippen LogP contribution >= 0.6 is 8.60 Å². The van der Waals surface area contributed by atoms with Crippen LogP contribution < -0.4 is 9.05 Å². The second-order valence-corrected chi connectivity index (χ2v) is 5.40. The van der Waals surface area contributed by atoms with Crippen LogP contribution in [-0.2, 0) is 4.52 Å². The Hall–Kier alpha value is -2.77. The molecule has 2 aromatic carbocycles. The zero-order valence-electron chi connectivity index (χ0n) is 12.5. The smallest absolute Gasteiger partial charge is 0.418 e. The summed E-state index contributed by atoms with van der Waals surface area (Å²) in [5, 5.41) is 21.2. The molecule has 126 valence electrons. The summed E-state index contributed by atoms with van der Waals surface area (Å²) in [6.45, 7) is 2.08. The summed E-state index contributed by atoms with van der Waals surface area (Å²) in [6.07, 6.45) is 0. The van der Waals surface area contributed by atoms with Crippen molar-refractivity contribution in [3.63, 3.8) is 0 Å². The molecule has 0 N–H and O–H groups in total. The van der Waals surface area contributed by atoms with E-state index in [1.54, 1.807) is 6.92 Å². The molecule has 0 aliphatic carbocycles. The molecule has 0 unspecified atom stereocenters. The minimum absolute atomic E-state index is 0.0561. The van der Waals surface area contributed by atoms with E-state index in [0.29, 0.717) is 18.1 Å². The fourth-order valence-corrected chi connectivity index (χ4v) is 2.55. The van der Waals surface area contributed by atoms with Crippen molar-refractivity contribution >= 4 is 20.0 Å². The summed E-state index contributed by atoms with van der Waals surface area (Å²) >= 11 is 0. The number of hydrogen-bond donors (Lipinski definition) is 0. The van der Waals surface area contributed by atoms with Crippen molar-refractivity contribution in [1.82, 2.24) is 0 Å². The normalized spacial score (nSPS) is 10.4. The van der Waals surface area contributed by atoms with Gasteiger partial charge in [-0.25, -0.2) is 0 Å². The third-order valence-corrected chi connectivity index (χ3v) is 3.88. The second kappa shape index (κ2) is 8.19. The van der Waals surface area contributed by atoms with Crippen LogP contribution in [0.5, 0.6) is 11.5 Å². The third-order valence-electron chi connectivity index (χ3n) is 2.69. The van der Waals surface area contributed by atoms with Crippen LogP contribution in [0, 0.1) is 20.2 Å². The van der Waals surface area contributed by atoms with Crippen LogP contribution in [0.4, 0.5) is 11.4 Å². The fourth-order valence-electron chi connectivity index (χ4n) is 1.61. The maximum Gasteiger partial charge on any atom is 0.463 e. The number of rotatable bonds is 8. The summed E-state index contributed by atoms with van der Waals surface area (Å²) in [6, 6.07) is 11.0. The van der Waals surface area contributed by atoms with Crippen LogP contribution in [0.2, 0.25) is 0 Å². The molecule has 0 saturated heterocycles. The largest absolute Gasteiger partial charge is 0.463 e. The first-order valence-electron chi connectivity index (χ1n) is 6.77. The Labute approximate surface area is 138 Å². The standard InChI is InChI=1S/C14H13N2O7P/c1-2-21-24(22-13-7-3-11(4-8-13)15(17)18)23-14-9-5-12(6-10-14)16(19)20/h3-10H,2H2,1H3. The molecule has 0 fully saturated rings. The Balaban J connectivity index is 2.05. The van der Waals surface area contributed by atoms with Crippen molar-refractivity contribution in [2.24, 2.45) is 0 Å². The molecule has 24 heavy (non-hydrogen) atoms. The van der Waals surface area contributed by atoms with Crippen LogP contribution in [0.1, 0.15) is 6.92 Å². The number of hydrogen-bond acceptors (Lipinski definition) is 7. The van der Waals surface area contributed by atoms with Crippen molar-refractivity contribution in [2.45, 2.75) is 6.92 Å². The minimum atomic E-state index is -1.80. The van der Waals surface area contributed by atoms with Gasteiger partial charge in [0.25, 0.3) is 11.4 Å².